The molecule has 1 aromatic rings. The third kappa shape index (κ3) is 2.74. The maximum absolute atomic E-state index is 11.8. The van der Waals surface area contributed by atoms with Gasteiger partial charge in [0.2, 0.25) is 5.91 Å². The summed E-state index contributed by atoms with van der Waals surface area (Å²) in [5.74, 6) is 0.863. The van der Waals surface area contributed by atoms with Gasteiger partial charge in [0.15, 0.2) is 0 Å². The first-order chi connectivity index (χ1) is 7.16. The van der Waals surface area contributed by atoms with Crippen molar-refractivity contribution in [1.82, 2.24) is 9.78 Å². The third-order valence-electron chi connectivity index (χ3n) is 2.92. The smallest absolute Gasteiger partial charge is 0.228 e. The Bertz CT molecular complexity index is 365. The van der Waals surface area contributed by atoms with Crippen LogP contribution < -0.4 is 11.1 Å². The van der Waals surface area contributed by atoms with E-state index < -0.39 is 0 Å². The number of nitrogens with one attached hydrogen (secondary N) is 1. The SMILES string of the molecule is Cl.Cn1nccc1NC(=O)C1CCC(N)C1. The van der Waals surface area contributed by atoms with Crippen LogP contribution in [-0.4, -0.2) is 21.7 Å². The molecule has 0 aliphatic heterocycles. The first-order valence-electron chi connectivity index (χ1n) is 5.21. The van der Waals surface area contributed by atoms with Crippen LogP contribution in [0.2, 0.25) is 0 Å². The maximum atomic E-state index is 11.8. The summed E-state index contributed by atoms with van der Waals surface area (Å²) >= 11 is 0. The van der Waals surface area contributed by atoms with E-state index in [1.807, 2.05) is 0 Å². The Balaban J connectivity index is 0.00000128. The van der Waals surface area contributed by atoms with Gasteiger partial charge in [-0.25, -0.2) is 0 Å². The molecule has 0 bridgehead atoms. The predicted molar refractivity (Wildman–Crippen MR) is 64.4 cm³/mol. The molecule has 1 aliphatic rings. The highest BCUT2D eigenvalue weighted by Crippen LogP contribution is 2.25. The van der Waals surface area contributed by atoms with Gasteiger partial charge in [-0.2, -0.15) is 5.10 Å². The Hall–Kier alpha value is -1.07. The number of hydrogen-bond acceptors (Lipinski definition) is 3. The van der Waals surface area contributed by atoms with E-state index >= 15 is 0 Å². The summed E-state index contributed by atoms with van der Waals surface area (Å²) in [6, 6.07) is 1.97. The summed E-state index contributed by atoms with van der Waals surface area (Å²) < 4.78 is 1.65. The van der Waals surface area contributed by atoms with Gasteiger partial charge in [-0.1, -0.05) is 0 Å². The van der Waals surface area contributed by atoms with Crippen LogP contribution in [0.15, 0.2) is 12.3 Å². The van der Waals surface area contributed by atoms with E-state index in [4.69, 9.17) is 5.73 Å². The molecule has 16 heavy (non-hydrogen) atoms. The van der Waals surface area contributed by atoms with Crippen LogP contribution in [-0.2, 0) is 11.8 Å². The average Bonchev–Trinajstić information content (AvgIpc) is 2.77. The summed E-state index contributed by atoms with van der Waals surface area (Å²) in [5, 5.41) is 6.85. The number of anilines is 1. The molecule has 3 N–H and O–H groups in total. The minimum absolute atomic E-state index is 0. The van der Waals surface area contributed by atoms with Crippen LogP contribution in [0.1, 0.15) is 19.3 Å². The minimum Gasteiger partial charge on any atom is -0.328 e. The minimum atomic E-state index is 0. The lowest BCUT2D eigenvalue weighted by Crippen LogP contribution is -2.24. The molecule has 0 saturated heterocycles. The van der Waals surface area contributed by atoms with Crippen molar-refractivity contribution in [2.75, 3.05) is 5.32 Å². The summed E-state index contributed by atoms with van der Waals surface area (Å²) in [5.41, 5.74) is 5.77. The van der Waals surface area contributed by atoms with Gasteiger partial charge in [-0.15, -0.1) is 12.4 Å². The number of nitrogens with zero attached hydrogens (tertiary/aromatic N) is 2. The van der Waals surface area contributed by atoms with Crippen LogP contribution in [0, 0.1) is 5.92 Å². The molecule has 1 heterocycles. The van der Waals surface area contributed by atoms with E-state index in [-0.39, 0.29) is 30.3 Å². The van der Waals surface area contributed by atoms with E-state index in [1.54, 1.807) is 24.0 Å². The number of amides is 1. The van der Waals surface area contributed by atoms with Gasteiger partial charge in [0.25, 0.3) is 0 Å². The lowest BCUT2D eigenvalue weighted by Gasteiger charge is -2.10. The molecule has 1 saturated carbocycles. The van der Waals surface area contributed by atoms with Gasteiger partial charge in [0.05, 0.1) is 6.20 Å². The number of carbonyl (C=O) groups is 1. The molecule has 1 aromatic heterocycles. The highest BCUT2D eigenvalue weighted by Gasteiger charge is 2.27. The molecule has 0 aromatic carbocycles. The van der Waals surface area contributed by atoms with Crippen molar-refractivity contribution in [3.8, 4) is 0 Å². The fraction of sp³-hybridized carbons (Fsp3) is 0.600. The molecule has 2 rings (SSSR count). The highest BCUT2D eigenvalue weighted by molar-refractivity contribution is 5.91. The molecule has 0 spiro atoms. The Morgan fingerprint density at radius 1 is 1.62 bits per heavy atom. The quantitative estimate of drug-likeness (QED) is 0.812. The van der Waals surface area contributed by atoms with Crippen molar-refractivity contribution in [3.63, 3.8) is 0 Å². The molecule has 1 fully saturated rings. The monoisotopic (exact) mass is 244 g/mol. The molecule has 6 heteroatoms. The Labute approximate surface area is 101 Å². The van der Waals surface area contributed by atoms with Gasteiger partial charge < -0.3 is 11.1 Å². The zero-order valence-electron chi connectivity index (χ0n) is 9.22. The second-order valence-corrected chi connectivity index (χ2v) is 4.10. The van der Waals surface area contributed by atoms with E-state index in [0.29, 0.717) is 0 Å². The first-order valence-corrected chi connectivity index (χ1v) is 5.21. The molecule has 1 aliphatic carbocycles. The number of carbonyl (C=O) groups excluding carboxylic acids is 1. The molecule has 0 radical (unpaired) electrons. The van der Waals surface area contributed by atoms with Gasteiger partial charge >= 0.3 is 0 Å². The number of aryl methyl sites for hydroxylation is 1. The molecule has 5 nitrogen and oxygen atoms in total. The van der Waals surface area contributed by atoms with Gasteiger partial charge in [-0.3, -0.25) is 9.48 Å². The van der Waals surface area contributed by atoms with E-state index in [0.717, 1.165) is 25.1 Å². The summed E-state index contributed by atoms with van der Waals surface area (Å²) in [6.07, 6.45) is 4.30. The fourth-order valence-electron chi connectivity index (χ4n) is 1.98. The van der Waals surface area contributed by atoms with Crippen molar-refractivity contribution in [2.24, 2.45) is 18.7 Å². The van der Waals surface area contributed by atoms with Gasteiger partial charge in [0, 0.05) is 25.1 Å². The largest absolute Gasteiger partial charge is 0.328 e. The third-order valence-corrected chi connectivity index (χ3v) is 2.92. The van der Waals surface area contributed by atoms with Crippen LogP contribution in [0.4, 0.5) is 5.82 Å². The number of rotatable bonds is 2. The first kappa shape index (κ1) is 13.0. The lowest BCUT2D eigenvalue weighted by atomic mass is 10.1. The van der Waals surface area contributed by atoms with Crippen LogP contribution in [0.5, 0.6) is 0 Å². The molecule has 90 valence electrons. The normalized spacial score (nSPS) is 23.9. The Kier molecular flexibility index (Phi) is 4.32. The van der Waals surface area contributed by atoms with Crippen LogP contribution in [0.3, 0.4) is 0 Å². The number of hydrogen-bond donors (Lipinski definition) is 2. The zero-order chi connectivity index (χ0) is 10.8. The predicted octanol–water partition coefficient (Wildman–Crippen LogP) is 0.908. The number of halogens is 1. The Morgan fingerprint density at radius 2 is 2.38 bits per heavy atom. The second-order valence-electron chi connectivity index (χ2n) is 4.10. The highest BCUT2D eigenvalue weighted by atomic mass is 35.5. The van der Waals surface area contributed by atoms with E-state index in [1.165, 1.54) is 0 Å². The molecule has 2 atom stereocenters. The van der Waals surface area contributed by atoms with Crippen molar-refractivity contribution in [3.05, 3.63) is 12.3 Å². The summed E-state index contributed by atoms with van der Waals surface area (Å²) in [7, 11) is 1.80. The van der Waals surface area contributed by atoms with Crippen molar-refractivity contribution < 1.29 is 4.79 Å². The number of aromatic nitrogens is 2. The van der Waals surface area contributed by atoms with E-state index in [2.05, 4.69) is 10.4 Å². The Morgan fingerprint density at radius 3 is 2.88 bits per heavy atom. The number of nitrogens with two attached hydrogens (primary N) is 1. The van der Waals surface area contributed by atoms with E-state index in [9.17, 15) is 4.79 Å². The maximum Gasteiger partial charge on any atom is 0.228 e. The summed E-state index contributed by atoms with van der Waals surface area (Å²) in [6.45, 7) is 0. The van der Waals surface area contributed by atoms with Crippen molar-refractivity contribution >= 4 is 24.1 Å². The van der Waals surface area contributed by atoms with Gasteiger partial charge in [0.1, 0.15) is 5.82 Å². The zero-order valence-corrected chi connectivity index (χ0v) is 10.0. The molecule has 1 amide bonds. The molecular weight excluding hydrogens is 228 g/mol. The topological polar surface area (TPSA) is 72.9 Å². The fourth-order valence-corrected chi connectivity index (χ4v) is 1.98. The van der Waals surface area contributed by atoms with Crippen LogP contribution >= 0.6 is 12.4 Å². The molecule has 2 unspecified atom stereocenters. The van der Waals surface area contributed by atoms with Gasteiger partial charge in [-0.05, 0) is 19.3 Å². The standard InChI is InChI=1S/C10H16N4O.ClH/c1-14-9(4-5-12-14)13-10(15)7-2-3-8(11)6-7;/h4-5,7-8H,2-3,6,11H2,1H3,(H,13,15);1H. The van der Waals surface area contributed by atoms with Crippen molar-refractivity contribution in [1.29, 1.82) is 0 Å². The van der Waals surface area contributed by atoms with Crippen molar-refractivity contribution in [2.45, 2.75) is 25.3 Å². The average molecular weight is 245 g/mol. The van der Waals surface area contributed by atoms with Crippen LogP contribution in [0.25, 0.3) is 0 Å². The summed E-state index contributed by atoms with van der Waals surface area (Å²) in [4.78, 5) is 11.8. The molecular formula is C10H17ClN4O. The lowest BCUT2D eigenvalue weighted by molar-refractivity contribution is -0.119. The second kappa shape index (κ2) is 5.32.